The van der Waals surface area contributed by atoms with Crippen molar-refractivity contribution in [3.63, 3.8) is 0 Å². The lowest BCUT2D eigenvalue weighted by Crippen LogP contribution is -2.50. The van der Waals surface area contributed by atoms with Gasteiger partial charge in [-0.1, -0.05) is 52.0 Å². The van der Waals surface area contributed by atoms with Crippen LogP contribution in [0.2, 0.25) is 0 Å². The molecule has 2 N–H and O–H groups in total. The van der Waals surface area contributed by atoms with Gasteiger partial charge in [0.1, 0.15) is 0 Å². The highest BCUT2D eigenvalue weighted by atomic mass is 16.2. The van der Waals surface area contributed by atoms with Crippen molar-refractivity contribution in [2.75, 3.05) is 6.54 Å². The maximum Gasteiger partial charge on any atom is 0.237 e. The van der Waals surface area contributed by atoms with Crippen LogP contribution in [0.3, 0.4) is 0 Å². The van der Waals surface area contributed by atoms with Crippen LogP contribution in [0.5, 0.6) is 0 Å². The van der Waals surface area contributed by atoms with Gasteiger partial charge in [0, 0.05) is 13.1 Å². The molecule has 1 heterocycles. The number of carbonyl (C=O) groups excluding carboxylic acids is 1. The summed E-state index contributed by atoms with van der Waals surface area (Å²) in [6.45, 7) is 10.3. The van der Waals surface area contributed by atoms with Crippen molar-refractivity contribution < 1.29 is 4.79 Å². The summed E-state index contributed by atoms with van der Waals surface area (Å²) in [7, 11) is 0. The minimum atomic E-state index is -0.104. The van der Waals surface area contributed by atoms with Gasteiger partial charge in [-0.25, -0.2) is 0 Å². The first-order chi connectivity index (χ1) is 9.40. The van der Waals surface area contributed by atoms with E-state index >= 15 is 0 Å². The van der Waals surface area contributed by atoms with Crippen molar-refractivity contribution in [1.29, 1.82) is 0 Å². The summed E-state index contributed by atoms with van der Waals surface area (Å²) in [5.74, 6) is 0.663. The number of hydrogen-bond donors (Lipinski definition) is 2. The van der Waals surface area contributed by atoms with Crippen LogP contribution < -0.4 is 10.6 Å². The van der Waals surface area contributed by atoms with Crippen molar-refractivity contribution in [2.24, 2.45) is 11.3 Å². The van der Waals surface area contributed by atoms with Crippen LogP contribution in [0.25, 0.3) is 0 Å². The van der Waals surface area contributed by atoms with Gasteiger partial charge in [0.05, 0.1) is 6.04 Å². The van der Waals surface area contributed by atoms with E-state index in [9.17, 15) is 4.79 Å². The molecule has 0 unspecified atom stereocenters. The molecule has 0 spiro atoms. The molecule has 1 aromatic rings. The Hall–Kier alpha value is -1.35. The maximum atomic E-state index is 12.3. The first-order valence-electron chi connectivity index (χ1n) is 7.48. The summed E-state index contributed by atoms with van der Waals surface area (Å²) >= 11 is 0. The van der Waals surface area contributed by atoms with Crippen LogP contribution >= 0.6 is 0 Å². The number of nitrogens with one attached hydrogen (secondary N) is 2. The van der Waals surface area contributed by atoms with Gasteiger partial charge in [0.25, 0.3) is 0 Å². The van der Waals surface area contributed by atoms with E-state index in [0.717, 1.165) is 19.5 Å². The normalized spacial score (nSPS) is 18.8. The third-order valence-corrected chi connectivity index (χ3v) is 4.68. The van der Waals surface area contributed by atoms with E-state index in [1.54, 1.807) is 0 Å². The predicted octanol–water partition coefficient (Wildman–Crippen LogP) is 2.50. The van der Waals surface area contributed by atoms with Gasteiger partial charge in [-0.2, -0.15) is 0 Å². The van der Waals surface area contributed by atoms with Crippen molar-refractivity contribution in [3.8, 4) is 0 Å². The molecule has 1 aliphatic rings. The van der Waals surface area contributed by atoms with Gasteiger partial charge in [-0.15, -0.1) is 0 Å². The molecule has 0 aliphatic carbocycles. The molecule has 1 atom stereocenters. The zero-order valence-electron chi connectivity index (χ0n) is 13.0. The molecule has 0 saturated carbocycles. The van der Waals surface area contributed by atoms with E-state index in [0.29, 0.717) is 5.92 Å². The monoisotopic (exact) mass is 274 g/mol. The number of amides is 1. The summed E-state index contributed by atoms with van der Waals surface area (Å²) in [6, 6.07) is 8.23. The lowest BCUT2D eigenvalue weighted by Gasteiger charge is -2.31. The molecule has 0 bridgehead atoms. The van der Waals surface area contributed by atoms with Gasteiger partial charge < -0.3 is 10.6 Å². The van der Waals surface area contributed by atoms with Crippen molar-refractivity contribution in [1.82, 2.24) is 10.6 Å². The van der Waals surface area contributed by atoms with E-state index in [4.69, 9.17) is 0 Å². The quantitative estimate of drug-likeness (QED) is 0.885. The van der Waals surface area contributed by atoms with E-state index in [1.807, 2.05) is 12.1 Å². The van der Waals surface area contributed by atoms with Gasteiger partial charge in [0.15, 0.2) is 0 Å². The first kappa shape index (κ1) is 15.0. The molecule has 1 aliphatic heterocycles. The summed E-state index contributed by atoms with van der Waals surface area (Å²) in [5, 5.41) is 6.43. The Balaban J connectivity index is 1.92. The Morgan fingerprint density at radius 3 is 2.65 bits per heavy atom. The molecule has 110 valence electrons. The molecule has 0 aromatic heterocycles. The van der Waals surface area contributed by atoms with E-state index in [1.165, 1.54) is 11.1 Å². The third kappa shape index (κ3) is 3.40. The predicted molar refractivity (Wildman–Crippen MR) is 82.4 cm³/mol. The van der Waals surface area contributed by atoms with Gasteiger partial charge in [0.2, 0.25) is 5.91 Å². The summed E-state index contributed by atoms with van der Waals surface area (Å²) in [6.07, 6.45) is 0.782. The van der Waals surface area contributed by atoms with E-state index < -0.39 is 0 Å². The van der Waals surface area contributed by atoms with Gasteiger partial charge in [-0.3, -0.25) is 4.79 Å². The number of hydrogen-bond acceptors (Lipinski definition) is 2. The highest BCUT2D eigenvalue weighted by Gasteiger charge is 2.27. The third-order valence-electron chi connectivity index (χ3n) is 4.68. The fraction of sp³-hybridized carbons (Fsp3) is 0.588. The standard InChI is InChI=1S/C17H26N2O/c1-12(2)17(3,4)11-19-16(20)15-9-13-7-5-6-8-14(13)10-18-15/h5-8,12,15,18H,9-11H2,1-4H3,(H,19,20)/t15-/m1/s1. The SMILES string of the molecule is CC(C)C(C)(C)CNC(=O)[C@H]1Cc2ccccc2CN1. The summed E-state index contributed by atoms with van der Waals surface area (Å²) in [5.41, 5.74) is 2.72. The number of carbonyl (C=O) groups is 1. The molecule has 3 heteroatoms. The van der Waals surface area contributed by atoms with Crippen molar-refractivity contribution in [3.05, 3.63) is 35.4 Å². The molecule has 0 fully saturated rings. The van der Waals surface area contributed by atoms with Crippen molar-refractivity contribution in [2.45, 2.75) is 46.7 Å². The Bertz CT molecular complexity index is 480. The Morgan fingerprint density at radius 2 is 2.00 bits per heavy atom. The minimum Gasteiger partial charge on any atom is -0.354 e. The maximum absolute atomic E-state index is 12.3. The first-order valence-corrected chi connectivity index (χ1v) is 7.48. The number of benzene rings is 1. The second-order valence-electron chi connectivity index (χ2n) is 6.77. The zero-order chi connectivity index (χ0) is 14.8. The molecule has 1 amide bonds. The molecule has 1 aromatic carbocycles. The molecular formula is C17H26N2O. The average Bonchev–Trinajstić information content (AvgIpc) is 2.44. The topological polar surface area (TPSA) is 41.1 Å². The minimum absolute atomic E-state index is 0.104. The van der Waals surface area contributed by atoms with E-state index in [-0.39, 0.29) is 17.4 Å². The van der Waals surface area contributed by atoms with Crippen LogP contribution in [-0.4, -0.2) is 18.5 Å². The smallest absolute Gasteiger partial charge is 0.237 e. The van der Waals surface area contributed by atoms with Gasteiger partial charge >= 0.3 is 0 Å². The van der Waals surface area contributed by atoms with E-state index in [2.05, 4.69) is 50.5 Å². The summed E-state index contributed by atoms with van der Waals surface area (Å²) < 4.78 is 0. The summed E-state index contributed by atoms with van der Waals surface area (Å²) in [4.78, 5) is 12.3. The molecule has 0 saturated heterocycles. The Labute approximate surface area is 122 Å². The Kier molecular flexibility index (Phi) is 4.48. The largest absolute Gasteiger partial charge is 0.354 e. The lowest BCUT2D eigenvalue weighted by atomic mass is 9.81. The Morgan fingerprint density at radius 1 is 1.35 bits per heavy atom. The van der Waals surface area contributed by atoms with Crippen molar-refractivity contribution >= 4 is 5.91 Å². The van der Waals surface area contributed by atoms with Crippen LogP contribution in [0.15, 0.2) is 24.3 Å². The van der Waals surface area contributed by atoms with Crippen LogP contribution in [0, 0.1) is 11.3 Å². The molecule has 2 rings (SSSR count). The second-order valence-corrected chi connectivity index (χ2v) is 6.77. The number of rotatable bonds is 4. The van der Waals surface area contributed by atoms with Crippen LogP contribution in [0.1, 0.15) is 38.8 Å². The second kappa shape index (κ2) is 5.96. The molecule has 20 heavy (non-hydrogen) atoms. The van der Waals surface area contributed by atoms with Crippen LogP contribution in [-0.2, 0) is 17.8 Å². The van der Waals surface area contributed by atoms with Gasteiger partial charge in [-0.05, 0) is 28.9 Å². The van der Waals surface area contributed by atoms with Crippen LogP contribution in [0.4, 0.5) is 0 Å². The molecule has 0 radical (unpaired) electrons. The molecular weight excluding hydrogens is 248 g/mol. The fourth-order valence-corrected chi connectivity index (χ4v) is 2.28. The lowest BCUT2D eigenvalue weighted by molar-refractivity contribution is -0.123. The highest BCUT2D eigenvalue weighted by molar-refractivity contribution is 5.82. The molecule has 3 nitrogen and oxygen atoms in total. The fourth-order valence-electron chi connectivity index (χ4n) is 2.28. The average molecular weight is 274 g/mol. The zero-order valence-corrected chi connectivity index (χ0v) is 13.0. The highest BCUT2D eigenvalue weighted by Crippen LogP contribution is 2.24. The number of fused-ring (bicyclic) bond motifs is 1.